The fourth-order valence-electron chi connectivity index (χ4n) is 2.07. The lowest BCUT2D eigenvalue weighted by Crippen LogP contribution is -2.29. The number of hydrogen-bond acceptors (Lipinski definition) is 1. The van der Waals surface area contributed by atoms with E-state index in [1.807, 2.05) is 0 Å². The minimum atomic E-state index is 0.0674. The van der Waals surface area contributed by atoms with E-state index in [1.165, 1.54) is 29.7 Å². The monoisotopic (exact) mass is 178 g/mol. The van der Waals surface area contributed by atoms with Crippen molar-refractivity contribution in [2.45, 2.75) is 52.1 Å². The average Bonchev–Trinajstić information content (AvgIpc) is 2.05. The molecule has 1 aliphatic heterocycles. The van der Waals surface area contributed by atoms with E-state index in [4.69, 9.17) is 4.74 Å². The van der Waals surface area contributed by atoms with Crippen LogP contribution in [0, 0.1) is 0 Å². The molecule has 1 nitrogen and oxygen atoms in total. The summed E-state index contributed by atoms with van der Waals surface area (Å²) >= 11 is 0. The summed E-state index contributed by atoms with van der Waals surface area (Å²) < 4.78 is 5.96. The van der Waals surface area contributed by atoms with Crippen LogP contribution in [0.4, 0.5) is 0 Å². The van der Waals surface area contributed by atoms with Crippen molar-refractivity contribution in [2.75, 3.05) is 0 Å². The van der Waals surface area contributed by atoms with E-state index in [1.54, 1.807) is 0 Å². The summed E-state index contributed by atoms with van der Waals surface area (Å²) in [6, 6.07) is 0. The summed E-state index contributed by atoms with van der Waals surface area (Å²) in [5, 5.41) is 0. The lowest BCUT2D eigenvalue weighted by atomic mass is 9.89. The molecule has 0 unspecified atom stereocenters. The lowest BCUT2D eigenvalue weighted by molar-refractivity contribution is 0.00816. The van der Waals surface area contributed by atoms with Crippen LogP contribution in [-0.4, -0.2) is 5.60 Å². The molecule has 1 aliphatic carbocycles. The van der Waals surface area contributed by atoms with E-state index in [0.717, 1.165) is 12.8 Å². The van der Waals surface area contributed by atoms with Crippen LogP contribution in [0.3, 0.4) is 0 Å². The molecule has 0 bridgehead atoms. The first-order valence-electron chi connectivity index (χ1n) is 5.15. The maximum Gasteiger partial charge on any atom is 0.103 e. The predicted molar refractivity (Wildman–Crippen MR) is 54.4 cm³/mol. The maximum atomic E-state index is 5.96. The molecular formula is C12H18O. The molecule has 0 amide bonds. The molecule has 13 heavy (non-hydrogen) atoms. The van der Waals surface area contributed by atoms with Gasteiger partial charge >= 0.3 is 0 Å². The van der Waals surface area contributed by atoms with Crippen molar-refractivity contribution in [3.63, 3.8) is 0 Å². The first-order valence-corrected chi connectivity index (χ1v) is 5.15. The van der Waals surface area contributed by atoms with Crippen molar-refractivity contribution in [2.24, 2.45) is 0 Å². The Bertz CT molecular complexity index is 281. The van der Waals surface area contributed by atoms with Crippen molar-refractivity contribution in [1.29, 1.82) is 0 Å². The Morgan fingerprint density at radius 3 is 2.77 bits per heavy atom. The van der Waals surface area contributed by atoms with Gasteiger partial charge in [-0.2, -0.15) is 0 Å². The van der Waals surface area contributed by atoms with Gasteiger partial charge in [0, 0.05) is 6.42 Å². The Balaban J connectivity index is 2.24. The number of hydrogen-bond donors (Lipinski definition) is 0. The van der Waals surface area contributed by atoms with Crippen molar-refractivity contribution in [3.8, 4) is 0 Å². The van der Waals surface area contributed by atoms with E-state index in [-0.39, 0.29) is 5.60 Å². The summed E-state index contributed by atoms with van der Waals surface area (Å²) in [5.74, 6) is 1.25. The standard InChI is InChI=1S/C12H18O/c1-9-4-5-11-10(8-9)6-7-12(2,3)13-11/h8H,4-7H2,1-3H3. The molecular weight excluding hydrogens is 160 g/mol. The van der Waals surface area contributed by atoms with Crippen LogP contribution in [0.2, 0.25) is 0 Å². The van der Waals surface area contributed by atoms with Gasteiger partial charge in [0.15, 0.2) is 0 Å². The van der Waals surface area contributed by atoms with Crippen molar-refractivity contribution < 1.29 is 4.74 Å². The average molecular weight is 178 g/mol. The fraction of sp³-hybridized carbons (Fsp3) is 0.667. The van der Waals surface area contributed by atoms with Gasteiger partial charge in [0.05, 0.1) is 0 Å². The van der Waals surface area contributed by atoms with Crippen molar-refractivity contribution >= 4 is 0 Å². The van der Waals surface area contributed by atoms with Gasteiger partial charge in [-0.3, -0.25) is 0 Å². The number of ether oxygens (including phenoxy) is 1. The van der Waals surface area contributed by atoms with E-state index >= 15 is 0 Å². The van der Waals surface area contributed by atoms with Gasteiger partial charge in [0.1, 0.15) is 11.4 Å². The Morgan fingerprint density at radius 2 is 2.00 bits per heavy atom. The summed E-state index contributed by atoms with van der Waals surface area (Å²) in [4.78, 5) is 0. The second-order valence-electron chi connectivity index (χ2n) is 4.80. The smallest absolute Gasteiger partial charge is 0.103 e. The molecule has 0 atom stereocenters. The number of allylic oxidation sites excluding steroid dienone is 4. The van der Waals surface area contributed by atoms with Crippen LogP contribution >= 0.6 is 0 Å². The molecule has 72 valence electrons. The van der Waals surface area contributed by atoms with Gasteiger partial charge in [-0.1, -0.05) is 11.6 Å². The molecule has 0 aromatic heterocycles. The third-order valence-electron chi connectivity index (χ3n) is 2.92. The molecule has 0 radical (unpaired) electrons. The second kappa shape index (κ2) is 2.90. The highest BCUT2D eigenvalue weighted by Crippen LogP contribution is 2.37. The normalized spacial score (nSPS) is 26.2. The lowest BCUT2D eigenvalue weighted by Gasteiger charge is -2.35. The van der Waals surface area contributed by atoms with Crippen LogP contribution in [-0.2, 0) is 4.74 Å². The molecule has 0 aromatic carbocycles. The highest BCUT2D eigenvalue weighted by molar-refractivity contribution is 5.32. The quantitative estimate of drug-likeness (QED) is 0.551. The zero-order valence-electron chi connectivity index (χ0n) is 8.81. The topological polar surface area (TPSA) is 9.23 Å². The third kappa shape index (κ3) is 1.79. The Hall–Kier alpha value is -0.720. The molecule has 0 spiro atoms. The van der Waals surface area contributed by atoms with Gasteiger partial charge < -0.3 is 4.74 Å². The SMILES string of the molecule is CC1=CC2=C(CC1)OC(C)(C)CC2. The van der Waals surface area contributed by atoms with Gasteiger partial charge in [0.2, 0.25) is 0 Å². The summed E-state index contributed by atoms with van der Waals surface area (Å²) in [6.45, 7) is 6.58. The van der Waals surface area contributed by atoms with Crippen LogP contribution in [0.25, 0.3) is 0 Å². The minimum Gasteiger partial charge on any atom is -0.492 e. The minimum absolute atomic E-state index is 0.0674. The Kier molecular flexibility index (Phi) is 1.98. The maximum absolute atomic E-state index is 5.96. The second-order valence-corrected chi connectivity index (χ2v) is 4.80. The highest BCUT2D eigenvalue weighted by atomic mass is 16.5. The van der Waals surface area contributed by atoms with Crippen LogP contribution in [0.1, 0.15) is 46.5 Å². The molecule has 0 N–H and O–H groups in total. The van der Waals surface area contributed by atoms with Crippen LogP contribution < -0.4 is 0 Å². The van der Waals surface area contributed by atoms with E-state index in [2.05, 4.69) is 26.8 Å². The zero-order valence-corrected chi connectivity index (χ0v) is 8.81. The Morgan fingerprint density at radius 1 is 1.23 bits per heavy atom. The van der Waals surface area contributed by atoms with Crippen LogP contribution in [0.15, 0.2) is 23.0 Å². The third-order valence-corrected chi connectivity index (χ3v) is 2.92. The molecule has 1 heterocycles. The van der Waals surface area contributed by atoms with E-state index in [9.17, 15) is 0 Å². The first-order chi connectivity index (χ1) is 6.07. The van der Waals surface area contributed by atoms with Gasteiger partial charge in [-0.05, 0) is 45.6 Å². The van der Waals surface area contributed by atoms with E-state index in [0.29, 0.717) is 0 Å². The molecule has 0 fully saturated rings. The summed E-state index contributed by atoms with van der Waals surface area (Å²) in [5.41, 5.74) is 3.02. The van der Waals surface area contributed by atoms with Gasteiger partial charge in [-0.15, -0.1) is 0 Å². The summed E-state index contributed by atoms with van der Waals surface area (Å²) in [7, 11) is 0. The highest BCUT2D eigenvalue weighted by Gasteiger charge is 2.28. The van der Waals surface area contributed by atoms with Crippen molar-refractivity contribution in [3.05, 3.63) is 23.0 Å². The molecule has 1 heteroatoms. The first kappa shape index (κ1) is 8.86. The number of rotatable bonds is 0. The van der Waals surface area contributed by atoms with Crippen LogP contribution in [0.5, 0.6) is 0 Å². The fourth-order valence-corrected chi connectivity index (χ4v) is 2.07. The molecule has 0 aromatic rings. The van der Waals surface area contributed by atoms with Gasteiger partial charge in [0.25, 0.3) is 0 Å². The zero-order chi connectivity index (χ0) is 9.47. The van der Waals surface area contributed by atoms with E-state index < -0.39 is 0 Å². The van der Waals surface area contributed by atoms with Crippen molar-refractivity contribution in [1.82, 2.24) is 0 Å². The summed E-state index contributed by atoms with van der Waals surface area (Å²) in [6.07, 6.45) is 6.94. The molecule has 2 rings (SSSR count). The molecule has 0 saturated carbocycles. The van der Waals surface area contributed by atoms with Gasteiger partial charge in [-0.25, -0.2) is 0 Å². The molecule has 2 aliphatic rings. The largest absolute Gasteiger partial charge is 0.492 e. The molecule has 0 saturated heterocycles. The predicted octanol–water partition coefficient (Wildman–Crippen LogP) is 3.57. The Labute approximate surface area is 80.5 Å².